The first-order chi connectivity index (χ1) is 10.3. The molecule has 3 N–H and O–H groups in total. The number of nitrogens with two attached hydrogens (primary N) is 1. The molecule has 6 heteroatoms. The van der Waals surface area contributed by atoms with Gasteiger partial charge < -0.3 is 11.1 Å². The lowest BCUT2D eigenvalue weighted by atomic mass is 10.1. The van der Waals surface area contributed by atoms with E-state index in [0.29, 0.717) is 18.1 Å². The van der Waals surface area contributed by atoms with Gasteiger partial charge in [0.15, 0.2) is 11.0 Å². The van der Waals surface area contributed by atoms with Crippen molar-refractivity contribution >= 4 is 34.0 Å². The molecule has 0 saturated carbocycles. The number of rotatable bonds is 4. The predicted octanol–water partition coefficient (Wildman–Crippen LogP) is 2.92. The molecule has 0 aliphatic heterocycles. The van der Waals surface area contributed by atoms with E-state index in [1.54, 1.807) is 6.20 Å². The molecule has 0 amide bonds. The van der Waals surface area contributed by atoms with Crippen LogP contribution in [0.5, 0.6) is 0 Å². The maximum absolute atomic E-state index is 5.86. The van der Waals surface area contributed by atoms with Gasteiger partial charge in [0.05, 0.1) is 5.52 Å². The summed E-state index contributed by atoms with van der Waals surface area (Å²) in [6.07, 6.45) is 4.01. The first-order valence-corrected chi connectivity index (χ1v) is 6.96. The Morgan fingerprint density at radius 2 is 1.95 bits per heavy atom. The number of halogens is 1. The third-order valence-electron chi connectivity index (χ3n) is 3.24. The largest absolute Gasteiger partial charge is 0.393 e. The fourth-order valence-electron chi connectivity index (χ4n) is 2.20. The van der Waals surface area contributed by atoms with Crippen LogP contribution in [0.4, 0.5) is 11.5 Å². The maximum atomic E-state index is 5.86. The fraction of sp³-hybridized carbons (Fsp3) is 0.133. The van der Waals surface area contributed by atoms with Gasteiger partial charge in [0.2, 0.25) is 0 Å². The summed E-state index contributed by atoms with van der Waals surface area (Å²) >= 11 is 5.86. The Morgan fingerprint density at radius 3 is 2.86 bits per heavy atom. The monoisotopic (exact) mass is 299 g/mol. The lowest BCUT2D eigenvalue weighted by Gasteiger charge is -2.09. The number of hydrogen-bond donors (Lipinski definition) is 2. The summed E-state index contributed by atoms with van der Waals surface area (Å²) in [6.45, 7) is 0.688. The van der Waals surface area contributed by atoms with Crippen LogP contribution in [0.25, 0.3) is 10.9 Å². The summed E-state index contributed by atoms with van der Waals surface area (Å²) < 4.78 is 0. The number of fused-ring (bicyclic) bond motifs is 1. The summed E-state index contributed by atoms with van der Waals surface area (Å²) in [5.74, 6) is 0.559. The molecule has 5 nitrogen and oxygen atoms in total. The van der Waals surface area contributed by atoms with Gasteiger partial charge in [0.25, 0.3) is 0 Å². The smallest absolute Gasteiger partial charge is 0.157 e. The molecule has 21 heavy (non-hydrogen) atoms. The molecule has 0 bridgehead atoms. The van der Waals surface area contributed by atoms with Gasteiger partial charge in [0, 0.05) is 18.1 Å². The molecule has 0 unspecified atom stereocenters. The maximum Gasteiger partial charge on any atom is 0.157 e. The normalized spacial score (nSPS) is 10.7. The highest BCUT2D eigenvalue weighted by atomic mass is 35.5. The molecular weight excluding hydrogens is 286 g/mol. The van der Waals surface area contributed by atoms with E-state index >= 15 is 0 Å². The number of benzene rings is 1. The van der Waals surface area contributed by atoms with E-state index in [1.807, 2.05) is 12.1 Å². The van der Waals surface area contributed by atoms with Gasteiger partial charge in [-0.2, -0.15) is 0 Å². The number of hydrogen-bond acceptors (Lipinski definition) is 5. The molecule has 2 heterocycles. The number of aromatic nitrogens is 3. The average molecular weight is 300 g/mol. The Morgan fingerprint density at radius 1 is 1.10 bits per heavy atom. The third kappa shape index (κ3) is 2.87. The molecular formula is C15H14ClN5. The lowest BCUT2D eigenvalue weighted by Crippen LogP contribution is -2.09. The van der Waals surface area contributed by atoms with E-state index in [2.05, 4.69) is 38.5 Å². The van der Waals surface area contributed by atoms with Crippen LogP contribution in [0.2, 0.25) is 5.15 Å². The molecule has 3 aromatic rings. The molecule has 1 aromatic carbocycles. The van der Waals surface area contributed by atoms with Gasteiger partial charge in [0.1, 0.15) is 12.0 Å². The molecule has 0 saturated heterocycles. The van der Waals surface area contributed by atoms with Crippen molar-refractivity contribution in [3.8, 4) is 0 Å². The summed E-state index contributed by atoms with van der Waals surface area (Å²) in [6, 6.07) is 10.2. The molecule has 0 fully saturated rings. The number of nitrogens with one attached hydrogen (secondary N) is 1. The molecule has 106 valence electrons. The molecule has 0 aliphatic rings. The quantitative estimate of drug-likeness (QED) is 0.724. The van der Waals surface area contributed by atoms with Crippen LogP contribution in [-0.2, 0) is 6.42 Å². The van der Waals surface area contributed by atoms with Gasteiger partial charge in [-0.05, 0) is 18.1 Å². The van der Waals surface area contributed by atoms with Crippen molar-refractivity contribution in [3.63, 3.8) is 0 Å². The molecule has 3 rings (SSSR count). The van der Waals surface area contributed by atoms with Crippen LogP contribution in [0.15, 0.2) is 42.9 Å². The first-order valence-electron chi connectivity index (χ1n) is 6.58. The molecule has 2 aromatic heterocycles. The van der Waals surface area contributed by atoms with Crippen LogP contribution in [-0.4, -0.2) is 21.5 Å². The summed E-state index contributed by atoms with van der Waals surface area (Å²) in [5, 5.41) is 4.58. The SMILES string of the molecule is Nc1c(Cl)ncnc1NCCc1cccc2cccnc12. The van der Waals surface area contributed by atoms with Crippen LogP contribution < -0.4 is 11.1 Å². The Balaban J connectivity index is 1.74. The van der Waals surface area contributed by atoms with Crippen molar-refractivity contribution in [2.24, 2.45) is 0 Å². The second-order valence-electron chi connectivity index (χ2n) is 4.60. The van der Waals surface area contributed by atoms with Crippen molar-refractivity contribution in [1.82, 2.24) is 15.0 Å². The topological polar surface area (TPSA) is 76.7 Å². The summed E-state index contributed by atoms with van der Waals surface area (Å²) in [4.78, 5) is 12.4. The minimum atomic E-state index is 0.263. The van der Waals surface area contributed by atoms with Crippen LogP contribution in [0, 0.1) is 0 Å². The zero-order chi connectivity index (χ0) is 14.7. The molecule has 0 radical (unpaired) electrons. The highest BCUT2D eigenvalue weighted by Gasteiger charge is 2.06. The molecule has 0 spiro atoms. The van der Waals surface area contributed by atoms with Crippen LogP contribution in [0.3, 0.4) is 0 Å². The Labute approximate surface area is 127 Å². The number of nitrogen functional groups attached to an aromatic ring is 1. The van der Waals surface area contributed by atoms with Gasteiger partial charge in [-0.15, -0.1) is 0 Å². The number of pyridine rings is 1. The summed E-state index contributed by atoms with van der Waals surface area (Å²) in [5.41, 5.74) is 8.39. The van der Waals surface area contributed by atoms with Crippen LogP contribution in [0.1, 0.15) is 5.56 Å². The Bertz CT molecular complexity index is 770. The van der Waals surface area contributed by atoms with E-state index in [9.17, 15) is 0 Å². The first kappa shape index (κ1) is 13.6. The zero-order valence-electron chi connectivity index (χ0n) is 11.3. The zero-order valence-corrected chi connectivity index (χ0v) is 12.0. The highest BCUT2D eigenvalue weighted by molar-refractivity contribution is 6.32. The third-order valence-corrected chi connectivity index (χ3v) is 3.54. The minimum absolute atomic E-state index is 0.263. The number of anilines is 2. The lowest BCUT2D eigenvalue weighted by molar-refractivity contribution is 1.00. The second-order valence-corrected chi connectivity index (χ2v) is 4.95. The summed E-state index contributed by atoms with van der Waals surface area (Å²) in [7, 11) is 0. The average Bonchev–Trinajstić information content (AvgIpc) is 2.52. The van der Waals surface area contributed by atoms with Crippen molar-refractivity contribution in [3.05, 3.63) is 53.6 Å². The number of nitrogens with zero attached hydrogens (tertiary/aromatic N) is 3. The van der Waals surface area contributed by atoms with E-state index in [1.165, 1.54) is 11.9 Å². The number of para-hydroxylation sites is 1. The van der Waals surface area contributed by atoms with Crippen molar-refractivity contribution in [1.29, 1.82) is 0 Å². The molecule has 0 aliphatic carbocycles. The predicted molar refractivity (Wildman–Crippen MR) is 85.4 cm³/mol. The van der Waals surface area contributed by atoms with Crippen LogP contribution >= 0.6 is 11.6 Å². The Hall–Kier alpha value is -2.40. The Kier molecular flexibility index (Phi) is 3.83. The van der Waals surface area contributed by atoms with E-state index in [-0.39, 0.29) is 5.15 Å². The highest BCUT2D eigenvalue weighted by Crippen LogP contribution is 2.22. The van der Waals surface area contributed by atoms with E-state index in [0.717, 1.165) is 17.3 Å². The van der Waals surface area contributed by atoms with Gasteiger partial charge >= 0.3 is 0 Å². The molecule has 0 atom stereocenters. The van der Waals surface area contributed by atoms with E-state index < -0.39 is 0 Å². The van der Waals surface area contributed by atoms with Gasteiger partial charge in [-0.1, -0.05) is 35.9 Å². The standard InChI is InChI=1S/C15H14ClN5/c16-14-12(17)15(21-9-20-14)19-8-6-11-4-1-3-10-5-2-7-18-13(10)11/h1-5,7,9H,6,8,17H2,(H,19,20,21). The minimum Gasteiger partial charge on any atom is -0.393 e. The van der Waals surface area contributed by atoms with Gasteiger partial charge in [-0.3, -0.25) is 4.98 Å². The van der Waals surface area contributed by atoms with Gasteiger partial charge in [-0.25, -0.2) is 9.97 Å². The fourth-order valence-corrected chi connectivity index (χ4v) is 2.33. The van der Waals surface area contributed by atoms with Crippen molar-refractivity contribution in [2.45, 2.75) is 6.42 Å². The van der Waals surface area contributed by atoms with Crippen molar-refractivity contribution < 1.29 is 0 Å². The van der Waals surface area contributed by atoms with Crippen molar-refractivity contribution in [2.75, 3.05) is 17.6 Å². The second kappa shape index (κ2) is 5.93. The van der Waals surface area contributed by atoms with E-state index in [4.69, 9.17) is 17.3 Å².